The van der Waals surface area contributed by atoms with Crippen LogP contribution in [0.25, 0.3) is 6.08 Å². The highest BCUT2D eigenvalue weighted by molar-refractivity contribution is 5.88. The van der Waals surface area contributed by atoms with Crippen molar-refractivity contribution < 1.29 is 14.5 Å². The largest absolute Gasteiger partial charge is 0.423 e. The highest BCUT2D eigenvalue weighted by Gasteiger charge is 2.06. The molecule has 0 bridgehead atoms. The maximum Gasteiger partial charge on any atom is 0.336 e. The first-order valence-corrected chi connectivity index (χ1v) is 7.20. The summed E-state index contributed by atoms with van der Waals surface area (Å²) in [5.74, 6) is 0.187. The molecule has 2 aromatic carbocycles. The maximum atomic E-state index is 11.7. The van der Waals surface area contributed by atoms with Gasteiger partial charge in [-0.15, -0.1) is 0 Å². The van der Waals surface area contributed by atoms with Crippen molar-refractivity contribution in [2.45, 2.75) is 19.8 Å². The molecule has 0 saturated heterocycles. The number of hydrogen-bond donors (Lipinski definition) is 0. The summed E-state index contributed by atoms with van der Waals surface area (Å²) < 4.78 is 5.08. The second-order valence-corrected chi connectivity index (χ2v) is 5.33. The van der Waals surface area contributed by atoms with Crippen molar-refractivity contribution in [2.75, 3.05) is 0 Å². The SMILES string of the molecule is CC(C)c1ccc(/C=C/C(=O)Oc2ccc([N+](=O)[O-])cc2)cc1. The minimum absolute atomic E-state index is 0.0504. The Bertz CT molecular complexity index is 716. The summed E-state index contributed by atoms with van der Waals surface area (Å²) in [5, 5.41) is 10.5. The normalized spacial score (nSPS) is 10.9. The molecular weight excluding hydrogens is 294 g/mol. The fourth-order valence-electron chi connectivity index (χ4n) is 1.94. The Balaban J connectivity index is 1.97. The molecule has 0 heterocycles. The van der Waals surface area contributed by atoms with Crippen LogP contribution in [0.1, 0.15) is 30.9 Å². The first-order chi connectivity index (χ1) is 11.0. The van der Waals surface area contributed by atoms with E-state index in [2.05, 4.69) is 13.8 Å². The molecule has 5 nitrogen and oxygen atoms in total. The summed E-state index contributed by atoms with van der Waals surface area (Å²) in [7, 11) is 0. The van der Waals surface area contributed by atoms with Crippen LogP contribution in [0.3, 0.4) is 0 Å². The smallest absolute Gasteiger partial charge is 0.336 e. The van der Waals surface area contributed by atoms with E-state index in [9.17, 15) is 14.9 Å². The van der Waals surface area contributed by atoms with Crippen molar-refractivity contribution >= 4 is 17.7 Å². The van der Waals surface area contributed by atoms with Gasteiger partial charge in [-0.1, -0.05) is 38.1 Å². The number of ether oxygens (including phenoxy) is 1. The van der Waals surface area contributed by atoms with Crippen molar-refractivity contribution in [1.82, 2.24) is 0 Å². The van der Waals surface area contributed by atoms with Crippen LogP contribution in [-0.2, 0) is 4.79 Å². The Morgan fingerprint density at radius 3 is 2.22 bits per heavy atom. The number of benzene rings is 2. The number of nitrogens with zero attached hydrogens (tertiary/aromatic N) is 1. The van der Waals surface area contributed by atoms with Gasteiger partial charge in [0.05, 0.1) is 4.92 Å². The summed E-state index contributed by atoms with van der Waals surface area (Å²) >= 11 is 0. The maximum absolute atomic E-state index is 11.7. The van der Waals surface area contributed by atoms with Crippen LogP contribution in [0, 0.1) is 10.1 Å². The van der Waals surface area contributed by atoms with Crippen LogP contribution in [0.15, 0.2) is 54.6 Å². The van der Waals surface area contributed by atoms with E-state index in [1.54, 1.807) is 6.08 Å². The minimum atomic E-state index is -0.535. The van der Waals surface area contributed by atoms with Crippen LogP contribution in [0.2, 0.25) is 0 Å². The van der Waals surface area contributed by atoms with Crippen LogP contribution < -0.4 is 4.74 Å². The highest BCUT2D eigenvalue weighted by Crippen LogP contribution is 2.18. The molecule has 0 atom stereocenters. The van der Waals surface area contributed by atoms with E-state index in [0.29, 0.717) is 5.92 Å². The van der Waals surface area contributed by atoms with Gasteiger partial charge in [-0.3, -0.25) is 10.1 Å². The Labute approximate surface area is 134 Å². The molecule has 0 aromatic heterocycles. The molecule has 2 rings (SSSR count). The van der Waals surface area contributed by atoms with Crippen LogP contribution in [0.5, 0.6) is 5.75 Å². The molecule has 5 heteroatoms. The van der Waals surface area contributed by atoms with E-state index < -0.39 is 10.9 Å². The molecule has 0 amide bonds. The van der Waals surface area contributed by atoms with E-state index in [-0.39, 0.29) is 11.4 Å². The van der Waals surface area contributed by atoms with Gasteiger partial charge in [-0.05, 0) is 35.3 Å². The molecule has 0 radical (unpaired) electrons. The summed E-state index contributed by atoms with van der Waals surface area (Å²) in [6, 6.07) is 13.3. The zero-order valence-electron chi connectivity index (χ0n) is 12.9. The number of non-ortho nitro benzene ring substituents is 1. The number of carbonyl (C=O) groups is 1. The summed E-state index contributed by atoms with van der Waals surface area (Å²) in [4.78, 5) is 21.8. The molecule has 118 valence electrons. The second-order valence-electron chi connectivity index (χ2n) is 5.33. The Kier molecular flexibility index (Phi) is 5.25. The van der Waals surface area contributed by atoms with E-state index in [0.717, 1.165) is 5.56 Å². The lowest BCUT2D eigenvalue weighted by Crippen LogP contribution is -2.03. The third kappa shape index (κ3) is 4.78. The predicted octanol–water partition coefficient (Wildman–Crippen LogP) is 4.34. The second kappa shape index (κ2) is 7.35. The Hall–Kier alpha value is -2.95. The fourth-order valence-corrected chi connectivity index (χ4v) is 1.94. The Morgan fingerprint density at radius 1 is 1.09 bits per heavy atom. The molecule has 0 N–H and O–H groups in total. The van der Waals surface area contributed by atoms with Gasteiger partial charge >= 0.3 is 5.97 Å². The van der Waals surface area contributed by atoms with Crippen molar-refractivity contribution in [3.05, 3.63) is 75.8 Å². The van der Waals surface area contributed by atoms with Crippen LogP contribution in [0.4, 0.5) is 5.69 Å². The number of hydrogen-bond acceptors (Lipinski definition) is 4. The van der Waals surface area contributed by atoms with Crippen molar-refractivity contribution in [3.8, 4) is 5.75 Å². The van der Waals surface area contributed by atoms with Gasteiger partial charge < -0.3 is 4.74 Å². The molecule has 23 heavy (non-hydrogen) atoms. The zero-order valence-corrected chi connectivity index (χ0v) is 12.9. The lowest BCUT2D eigenvalue weighted by atomic mass is 10.0. The molecule has 0 unspecified atom stereocenters. The number of nitro benzene ring substituents is 1. The fraction of sp³-hybridized carbons (Fsp3) is 0.167. The number of rotatable bonds is 5. The average Bonchev–Trinajstić information content (AvgIpc) is 2.54. The minimum Gasteiger partial charge on any atom is -0.423 e. The van der Waals surface area contributed by atoms with Gasteiger partial charge in [0.2, 0.25) is 0 Å². The number of carbonyl (C=O) groups excluding carboxylic acids is 1. The van der Waals surface area contributed by atoms with Gasteiger partial charge in [-0.25, -0.2) is 4.79 Å². The van der Waals surface area contributed by atoms with E-state index in [4.69, 9.17) is 4.74 Å². The van der Waals surface area contributed by atoms with Gasteiger partial charge in [0.15, 0.2) is 0 Å². The van der Waals surface area contributed by atoms with Gasteiger partial charge in [0, 0.05) is 18.2 Å². The first-order valence-electron chi connectivity index (χ1n) is 7.20. The van der Waals surface area contributed by atoms with Crippen LogP contribution in [-0.4, -0.2) is 10.9 Å². The lowest BCUT2D eigenvalue weighted by Gasteiger charge is -2.04. The summed E-state index contributed by atoms with van der Waals surface area (Å²) in [6.45, 7) is 4.23. The van der Waals surface area contributed by atoms with Gasteiger partial charge in [0.25, 0.3) is 5.69 Å². The monoisotopic (exact) mass is 311 g/mol. The van der Waals surface area contributed by atoms with Gasteiger partial charge in [-0.2, -0.15) is 0 Å². The molecule has 2 aromatic rings. The third-order valence-corrected chi connectivity index (χ3v) is 3.28. The summed E-state index contributed by atoms with van der Waals surface area (Å²) in [6.07, 6.45) is 2.99. The highest BCUT2D eigenvalue weighted by atomic mass is 16.6. The molecule has 0 saturated carbocycles. The van der Waals surface area contributed by atoms with Crippen molar-refractivity contribution in [2.24, 2.45) is 0 Å². The molecule has 0 spiro atoms. The quantitative estimate of drug-likeness (QED) is 0.271. The first kappa shape index (κ1) is 16.4. The lowest BCUT2D eigenvalue weighted by molar-refractivity contribution is -0.384. The predicted molar refractivity (Wildman–Crippen MR) is 88.3 cm³/mol. The molecule has 0 aliphatic rings. The zero-order chi connectivity index (χ0) is 16.8. The topological polar surface area (TPSA) is 69.4 Å². The molecule has 0 aliphatic carbocycles. The summed E-state index contributed by atoms with van der Waals surface area (Å²) in [5.41, 5.74) is 2.08. The Morgan fingerprint density at radius 2 is 1.70 bits per heavy atom. The van der Waals surface area contributed by atoms with Crippen molar-refractivity contribution in [1.29, 1.82) is 0 Å². The third-order valence-electron chi connectivity index (χ3n) is 3.28. The standard InChI is InChI=1S/C18H17NO4/c1-13(2)15-6-3-14(4-7-15)5-12-18(20)23-17-10-8-16(9-11-17)19(21)22/h3-13H,1-2H3/b12-5+. The van der Waals surface area contributed by atoms with E-state index in [1.807, 2.05) is 24.3 Å². The van der Waals surface area contributed by atoms with E-state index in [1.165, 1.54) is 35.9 Å². The number of nitro groups is 1. The van der Waals surface area contributed by atoms with E-state index >= 15 is 0 Å². The van der Waals surface area contributed by atoms with Gasteiger partial charge in [0.1, 0.15) is 5.75 Å². The molecular formula is C18H17NO4. The van der Waals surface area contributed by atoms with Crippen molar-refractivity contribution in [3.63, 3.8) is 0 Å². The molecule has 0 aliphatic heterocycles. The molecule has 0 fully saturated rings. The average molecular weight is 311 g/mol. The van der Waals surface area contributed by atoms with Crippen LogP contribution >= 0.6 is 0 Å². The number of esters is 1.